The molecule has 0 amide bonds. The van der Waals surface area contributed by atoms with Gasteiger partial charge in [-0.25, -0.2) is 8.42 Å². The van der Waals surface area contributed by atoms with Crippen LogP contribution in [0.1, 0.15) is 18.4 Å². The topological polar surface area (TPSA) is 72.6 Å². The number of nitrogens with two attached hydrogens (primary N) is 1. The van der Waals surface area contributed by atoms with Gasteiger partial charge in [-0.1, -0.05) is 17.7 Å². The molecular weight excluding hydrogens is 312 g/mol. The van der Waals surface area contributed by atoms with Crippen molar-refractivity contribution in [1.82, 2.24) is 4.31 Å². The van der Waals surface area contributed by atoms with Gasteiger partial charge in [-0.2, -0.15) is 4.31 Å². The van der Waals surface area contributed by atoms with Crippen LogP contribution in [-0.4, -0.2) is 45.1 Å². The average molecular weight is 335 g/mol. The van der Waals surface area contributed by atoms with Gasteiger partial charge >= 0.3 is 0 Å². The van der Waals surface area contributed by atoms with Crippen molar-refractivity contribution in [1.29, 1.82) is 0 Å². The maximum absolute atomic E-state index is 12.7. The molecule has 0 spiro atoms. The zero-order valence-corrected chi connectivity index (χ0v) is 14.0. The van der Waals surface area contributed by atoms with Gasteiger partial charge in [0.25, 0.3) is 0 Å². The summed E-state index contributed by atoms with van der Waals surface area (Å²) in [5.74, 6) is 0. The van der Waals surface area contributed by atoms with Crippen LogP contribution in [0.5, 0.6) is 0 Å². The molecule has 21 heavy (non-hydrogen) atoms. The number of methoxy groups -OCH3 is 1. The molecule has 120 valence electrons. The molecule has 1 aliphatic rings. The van der Waals surface area contributed by atoms with E-state index in [1.807, 2.05) is 19.1 Å². The number of rotatable bonds is 4. The molecule has 0 aliphatic carbocycles. The van der Waals surface area contributed by atoms with Crippen LogP contribution in [0.15, 0.2) is 29.2 Å². The van der Waals surface area contributed by atoms with Gasteiger partial charge in [-0.15, -0.1) is 12.4 Å². The third-order valence-corrected chi connectivity index (χ3v) is 5.81. The standard InChI is InChI=1S/C14H22N2O3S.ClH/c1-11-3-5-14(6-4-11)20(17,18)16-8-7-13(19-2)9-12(16)10-15;/h3-6,12-13H,7-10,15H2,1-2H3;1H. The number of ether oxygens (including phenoxy) is 1. The third kappa shape index (κ3) is 3.96. The number of sulfonamides is 1. The molecule has 2 rings (SSSR count). The van der Waals surface area contributed by atoms with E-state index in [1.54, 1.807) is 19.2 Å². The molecule has 1 aromatic rings. The van der Waals surface area contributed by atoms with Gasteiger partial charge in [-0.3, -0.25) is 0 Å². The fraction of sp³-hybridized carbons (Fsp3) is 0.571. The van der Waals surface area contributed by atoms with Crippen LogP contribution < -0.4 is 5.73 Å². The number of hydrogen-bond donors (Lipinski definition) is 1. The zero-order chi connectivity index (χ0) is 14.8. The molecule has 5 nitrogen and oxygen atoms in total. The van der Waals surface area contributed by atoms with E-state index in [2.05, 4.69) is 0 Å². The molecule has 0 radical (unpaired) electrons. The highest BCUT2D eigenvalue weighted by Gasteiger charge is 2.36. The average Bonchev–Trinajstić information content (AvgIpc) is 2.46. The Morgan fingerprint density at radius 3 is 2.48 bits per heavy atom. The Labute approximate surface area is 132 Å². The molecule has 1 saturated heterocycles. The van der Waals surface area contributed by atoms with Crippen molar-refractivity contribution in [3.8, 4) is 0 Å². The Balaban J connectivity index is 0.00000220. The van der Waals surface area contributed by atoms with Crippen molar-refractivity contribution in [3.05, 3.63) is 29.8 Å². The highest BCUT2D eigenvalue weighted by molar-refractivity contribution is 7.89. The zero-order valence-electron chi connectivity index (χ0n) is 12.4. The molecule has 1 aliphatic heterocycles. The lowest BCUT2D eigenvalue weighted by Crippen LogP contribution is -2.51. The molecule has 2 atom stereocenters. The molecule has 2 unspecified atom stereocenters. The SMILES string of the molecule is COC1CCN(S(=O)(=O)c2ccc(C)cc2)C(CN)C1.Cl. The minimum atomic E-state index is -3.47. The van der Waals surface area contributed by atoms with Gasteiger partial charge in [0.15, 0.2) is 0 Å². The fourth-order valence-electron chi connectivity index (χ4n) is 2.58. The first-order chi connectivity index (χ1) is 9.48. The third-order valence-electron chi connectivity index (χ3n) is 3.85. The van der Waals surface area contributed by atoms with E-state index in [1.165, 1.54) is 4.31 Å². The molecule has 1 heterocycles. The Morgan fingerprint density at radius 1 is 1.33 bits per heavy atom. The summed E-state index contributed by atoms with van der Waals surface area (Å²) in [6, 6.07) is 6.74. The summed E-state index contributed by atoms with van der Waals surface area (Å²) in [5.41, 5.74) is 6.79. The molecule has 0 bridgehead atoms. The largest absolute Gasteiger partial charge is 0.381 e. The Morgan fingerprint density at radius 2 is 1.95 bits per heavy atom. The highest BCUT2D eigenvalue weighted by Crippen LogP contribution is 2.26. The lowest BCUT2D eigenvalue weighted by molar-refractivity contribution is 0.0401. The van der Waals surface area contributed by atoms with Crippen molar-refractivity contribution in [2.75, 3.05) is 20.2 Å². The quantitative estimate of drug-likeness (QED) is 0.906. The summed E-state index contributed by atoms with van der Waals surface area (Å²) in [6.07, 6.45) is 1.45. The number of benzene rings is 1. The lowest BCUT2D eigenvalue weighted by Gasteiger charge is -2.37. The van der Waals surface area contributed by atoms with Crippen LogP contribution in [0.2, 0.25) is 0 Å². The van der Waals surface area contributed by atoms with Gasteiger partial charge in [0.05, 0.1) is 11.0 Å². The van der Waals surface area contributed by atoms with Gasteiger partial charge in [0.1, 0.15) is 0 Å². The first-order valence-corrected chi connectivity index (χ1v) is 8.24. The maximum Gasteiger partial charge on any atom is 0.243 e. The second-order valence-corrected chi connectivity index (χ2v) is 7.09. The molecule has 7 heteroatoms. The van der Waals surface area contributed by atoms with Crippen LogP contribution in [0.25, 0.3) is 0 Å². The molecule has 0 aromatic heterocycles. The maximum atomic E-state index is 12.7. The first kappa shape index (κ1) is 18.4. The molecule has 1 fully saturated rings. The predicted molar refractivity (Wildman–Crippen MR) is 85.2 cm³/mol. The van der Waals surface area contributed by atoms with Gasteiger partial charge in [0.2, 0.25) is 10.0 Å². The Kier molecular flexibility index (Phi) is 6.62. The number of nitrogens with zero attached hydrogens (tertiary/aromatic N) is 1. The summed E-state index contributed by atoms with van der Waals surface area (Å²) in [7, 11) is -1.82. The summed E-state index contributed by atoms with van der Waals surface area (Å²) >= 11 is 0. The van der Waals surface area contributed by atoms with E-state index in [4.69, 9.17) is 10.5 Å². The van der Waals surface area contributed by atoms with Crippen LogP contribution in [0, 0.1) is 6.92 Å². The van der Waals surface area contributed by atoms with Crippen LogP contribution in [0.3, 0.4) is 0 Å². The van der Waals surface area contributed by atoms with Gasteiger partial charge in [0, 0.05) is 26.2 Å². The second-order valence-electron chi connectivity index (χ2n) is 5.20. The fourth-order valence-corrected chi connectivity index (χ4v) is 4.24. The molecule has 1 aromatic carbocycles. The summed E-state index contributed by atoms with van der Waals surface area (Å²) in [6.45, 7) is 2.70. The second kappa shape index (κ2) is 7.56. The van der Waals surface area contributed by atoms with Gasteiger partial charge < -0.3 is 10.5 Å². The first-order valence-electron chi connectivity index (χ1n) is 6.80. The van der Waals surface area contributed by atoms with E-state index >= 15 is 0 Å². The van der Waals surface area contributed by atoms with Crippen molar-refractivity contribution in [3.63, 3.8) is 0 Å². The molecular formula is C14H23ClN2O3S. The number of hydrogen-bond acceptors (Lipinski definition) is 4. The summed E-state index contributed by atoms with van der Waals surface area (Å²) in [5, 5.41) is 0. The number of aryl methyl sites for hydroxylation is 1. The van der Waals surface area contributed by atoms with Crippen LogP contribution in [0.4, 0.5) is 0 Å². The normalized spacial score (nSPS) is 23.6. The molecule has 2 N–H and O–H groups in total. The van der Waals surface area contributed by atoms with Gasteiger partial charge in [-0.05, 0) is 31.9 Å². The Hall–Kier alpha value is -0.660. The van der Waals surface area contributed by atoms with E-state index in [9.17, 15) is 8.42 Å². The predicted octanol–water partition coefficient (Wildman–Crippen LogP) is 1.54. The lowest BCUT2D eigenvalue weighted by atomic mass is 10.0. The van der Waals surface area contributed by atoms with E-state index < -0.39 is 10.0 Å². The van der Waals surface area contributed by atoms with Crippen LogP contribution in [-0.2, 0) is 14.8 Å². The van der Waals surface area contributed by atoms with E-state index in [0.29, 0.717) is 30.8 Å². The number of piperidine rings is 1. The van der Waals surface area contributed by atoms with Crippen molar-refractivity contribution < 1.29 is 13.2 Å². The van der Waals surface area contributed by atoms with E-state index in [0.717, 1.165) is 5.56 Å². The minimum absolute atomic E-state index is 0. The molecule has 0 saturated carbocycles. The van der Waals surface area contributed by atoms with E-state index in [-0.39, 0.29) is 24.6 Å². The monoisotopic (exact) mass is 334 g/mol. The minimum Gasteiger partial charge on any atom is -0.381 e. The van der Waals surface area contributed by atoms with Crippen molar-refractivity contribution in [2.45, 2.75) is 36.8 Å². The summed E-state index contributed by atoms with van der Waals surface area (Å²) < 4.78 is 32.2. The van der Waals surface area contributed by atoms with Crippen molar-refractivity contribution >= 4 is 22.4 Å². The van der Waals surface area contributed by atoms with Crippen LogP contribution >= 0.6 is 12.4 Å². The van der Waals surface area contributed by atoms with Crippen molar-refractivity contribution in [2.24, 2.45) is 5.73 Å². The highest BCUT2D eigenvalue weighted by atomic mass is 35.5. The smallest absolute Gasteiger partial charge is 0.243 e. The summed E-state index contributed by atoms with van der Waals surface area (Å²) in [4.78, 5) is 0.331. The number of halogens is 1. The Bertz CT molecular complexity index is 548.